The summed E-state index contributed by atoms with van der Waals surface area (Å²) in [4.78, 5) is 0. The predicted octanol–water partition coefficient (Wildman–Crippen LogP) is 0.521. The average Bonchev–Trinajstić information content (AvgIpc) is 2.38. The maximum Gasteiger partial charge on any atom is 0.281 e. The summed E-state index contributed by atoms with van der Waals surface area (Å²) in [6.07, 6.45) is 1.91. The zero-order chi connectivity index (χ0) is 14.7. The molecule has 0 saturated carbocycles. The zero-order valence-electron chi connectivity index (χ0n) is 12.7. The molecule has 0 spiro atoms. The Labute approximate surface area is 118 Å². The fourth-order valence-electron chi connectivity index (χ4n) is 1.67. The minimum Gasteiger partial charge on any atom is -0.383 e. The number of nitrogens with zero attached hydrogens (tertiary/aromatic N) is 2. The van der Waals surface area contributed by atoms with E-state index in [0.29, 0.717) is 26.2 Å². The highest BCUT2D eigenvalue weighted by atomic mass is 32.2. The first-order chi connectivity index (χ1) is 9.00. The van der Waals surface area contributed by atoms with Crippen molar-refractivity contribution in [3.8, 4) is 0 Å². The van der Waals surface area contributed by atoms with Crippen LogP contribution in [0.1, 0.15) is 26.7 Å². The molecule has 0 atom stereocenters. The molecule has 19 heavy (non-hydrogen) atoms. The predicted molar refractivity (Wildman–Crippen MR) is 78.5 cm³/mol. The van der Waals surface area contributed by atoms with Crippen LogP contribution in [0.25, 0.3) is 0 Å². The number of rotatable bonds is 12. The van der Waals surface area contributed by atoms with Crippen LogP contribution >= 0.6 is 0 Å². The molecule has 6 nitrogen and oxygen atoms in total. The van der Waals surface area contributed by atoms with Gasteiger partial charge in [-0.2, -0.15) is 17.0 Å². The van der Waals surface area contributed by atoms with Crippen LogP contribution < -0.4 is 5.32 Å². The zero-order valence-corrected chi connectivity index (χ0v) is 13.5. The van der Waals surface area contributed by atoms with Crippen molar-refractivity contribution in [2.75, 3.05) is 53.5 Å². The van der Waals surface area contributed by atoms with Gasteiger partial charge in [0.1, 0.15) is 0 Å². The molecule has 0 fully saturated rings. The van der Waals surface area contributed by atoms with Gasteiger partial charge in [-0.3, -0.25) is 0 Å². The van der Waals surface area contributed by atoms with Crippen molar-refractivity contribution in [1.29, 1.82) is 0 Å². The third-order valence-electron chi connectivity index (χ3n) is 2.87. The van der Waals surface area contributed by atoms with Gasteiger partial charge in [-0.25, -0.2) is 0 Å². The van der Waals surface area contributed by atoms with E-state index in [-0.39, 0.29) is 0 Å². The van der Waals surface area contributed by atoms with Gasteiger partial charge in [0.15, 0.2) is 0 Å². The van der Waals surface area contributed by atoms with E-state index in [4.69, 9.17) is 4.74 Å². The summed E-state index contributed by atoms with van der Waals surface area (Å²) < 4.78 is 32.3. The monoisotopic (exact) mass is 295 g/mol. The second-order valence-electron chi connectivity index (χ2n) is 4.42. The Morgan fingerprint density at radius 3 is 2.37 bits per heavy atom. The molecule has 0 aromatic carbocycles. The Hall–Kier alpha value is -0.210. The quantitative estimate of drug-likeness (QED) is 0.533. The summed E-state index contributed by atoms with van der Waals surface area (Å²) in [6.45, 7) is 7.57. The largest absolute Gasteiger partial charge is 0.383 e. The first kappa shape index (κ1) is 18.8. The van der Waals surface area contributed by atoms with Gasteiger partial charge in [-0.05, 0) is 25.9 Å². The molecule has 116 valence electrons. The molecule has 0 aliphatic heterocycles. The minimum atomic E-state index is -3.36. The molecular weight excluding hydrogens is 266 g/mol. The molecule has 0 bridgehead atoms. The maximum atomic E-state index is 12.3. The Morgan fingerprint density at radius 1 is 1.16 bits per heavy atom. The Bertz CT molecular complexity index is 309. The Morgan fingerprint density at radius 2 is 1.84 bits per heavy atom. The summed E-state index contributed by atoms with van der Waals surface area (Å²) in [5.74, 6) is 0. The van der Waals surface area contributed by atoms with Crippen LogP contribution in [-0.4, -0.2) is 70.5 Å². The van der Waals surface area contributed by atoms with Crippen molar-refractivity contribution in [1.82, 2.24) is 13.9 Å². The SMILES string of the molecule is CCCNCCCN(C)S(=O)(=O)N(CC)CCOC. The molecule has 0 aromatic rings. The molecule has 0 amide bonds. The van der Waals surface area contributed by atoms with Crippen LogP contribution in [0.4, 0.5) is 0 Å². The van der Waals surface area contributed by atoms with E-state index < -0.39 is 10.2 Å². The second kappa shape index (κ2) is 10.6. The Kier molecular flexibility index (Phi) is 10.4. The van der Waals surface area contributed by atoms with Crippen molar-refractivity contribution in [3.05, 3.63) is 0 Å². The fourth-order valence-corrected chi connectivity index (χ4v) is 3.06. The van der Waals surface area contributed by atoms with Gasteiger partial charge in [-0.15, -0.1) is 0 Å². The second-order valence-corrected chi connectivity index (χ2v) is 6.45. The normalized spacial score (nSPS) is 12.5. The number of methoxy groups -OCH3 is 1. The van der Waals surface area contributed by atoms with Crippen LogP contribution in [0.3, 0.4) is 0 Å². The molecule has 0 radical (unpaired) electrons. The van der Waals surface area contributed by atoms with E-state index >= 15 is 0 Å². The lowest BCUT2D eigenvalue weighted by Gasteiger charge is -2.26. The Balaban J connectivity index is 4.20. The van der Waals surface area contributed by atoms with Gasteiger partial charge < -0.3 is 10.1 Å². The third kappa shape index (κ3) is 7.22. The van der Waals surface area contributed by atoms with Crippen molar-refractivity contribution in [3.63, 3.8) is 0 Å². The van der Waals surface area contributed by atoms with Crippen LogP contribution in [0.2, 0.25) is 0 Å². The van der Waals surface area contributed by atoms with Gasteiger partial charge in [0.25, 0.3) is 10.2 Å². The number of hydrogen-bond donors (Lipinski definition) is 1. The number of hydrogen-bond acceptors (Lipinski definition) is 4. The average molecular weight is 295 g/mol. The van der Waals surface area contributed by atoms with Crippen LogP contribution in [0.15, 0.2) is 0 Å². The highest BCUT2D eigenvalue weighted by Gasteiger charge is 2.24. The summed E-state index contributed by atoms with van der Waals surface area (Å²) >= 11 is 0. The summed E-state index contributed by atoms with van der Waals surface area (Å²) in [5, 5.41) is 3.26. The van der Waals surface area contributed by atoms with Gasteiger partial charge in [-0.1, -0.05) is 13.8 Å². The first-order valence-corrected chi connectivity index (χ1v) is 8.31. The van der Waals surface area contributed by atoms with E-state index in [1.807, 2.05) is 6.92 Å². The van der Waals surface area contributed by atoms with E-state index in [9.17, 15) is 8.42 Å². The summed E-state index contributed by atoms with van der Waals surface area (Å²) in [7, 11) is -0.155. The van der Waals surface area contributed by atoms with Gasteiger partial charge in [0.05, 0.1) is 6.61 Å². The fraction of sp³-hybridized carbons (Fsp3) is 1.00. The standard InChI is InChI=1S/C12H29N3O3S/c1-5-8-13-9-7-10-14(3)19(16,17)15(6-2)11-12-18-4/h13H,5-12H2,1-4H3. The summed E-state index contributed by atoms with van der Waals surface area (Å²) in [6, 6.07) is 0. The van der Waals surface area contributed by atoms with Crippen molar-refractivity contribution in [2.24, 2.45) is 0 Å². The van der Waals surface area contributed by atoms with Gasteiger partial charge in [0, 0.05) is 33.8 Å². The lowest BCUT2D eigenvalue weighted by Crippen LogP contribution is -2.44. The first-order valence-electron chi connectivity index (χ1n) is 6.91. The molecule has 0 aromatic heterocycles. The molecular formula is C12H29N3O3S. The number of ether oxygens (including phenoxy) is 1. The highest BCUT2D eigenvalue weighted by molar-refractivity contribution is 7.86. The number of nitrogens with one attached hydrogen (secondary N) is 1. The smallest absolute Gasteiger partial charge is 0.281 e. The van der Waals surface area contributed by atoms with E-state index in [1.165, 1.54) is 8.61 Å². The molecule has 0 heterocycles. The highest BCUT2D eigenvalue weighted by Crippen LogP contribution is 2.06. The van der Waals surface area contributed by atoms with Crippen LogP contribution in [-0.2, 0) is 14.9 Å². The molecule has 1 N–H and O–H groups in total. The van der Waals surface area contributed by atoms with Crippen molar-refractivity contribution in [2.45, 2.75) is 26.7 Å². The maximum absolute atomic E-state index is 12.3. The third-order valence-corrected chi connectivity index (χ3v) is 4.93. The molecule has 0 unspecified atom stereocenters. The summed E-state index contributed by atoms with van der Waals surface area (Å²) in [5.41, 5.74) is 0. The van der Waals surface area contributed by atoms with Crippen LogP contribution in [0, 0.1) is 0 Å². The van der Waals surface area contributed by atoms with Gasteiger partial charge in [0.2, 0.25) is 0 Å². The lowest BCUT2D eigenvalue weighted by atomic mass is 10.4. The molecule has 7 heteroatoms. The molecule has 0 aliphatic rings. The van der Waals surface area contributed by atoms with E-state index in [2.05, 4.69) is 12.2 Å². The minimum absolute atomic E-state index is 0.397. The lowest BCUT2D eigenvalue weighted by molar-refractivity contribution is 0.178. The molecule has 0 aliphatic carbocycles. The number of likely N-dealkylation sites (N-methyl/N-ethyl adjacent to an activating group) is 1. The van der Waals surface area contributed by atoms with Crippen molar-refractivity contribution < 1.29 is 13.2 Å². The molecule has 0 rings (SSSR count). The molecule has 0 saturated heterocycles. The topological polar surface area (TPSA) is 61.9 Å². The van der Waals surface area contributed by atoms with E-state index in [1.54, 1.807) is 14.2 Å². The van der Waals surface area contributed by atoms with Crippen molar-refractivity contribution >= 4 is 10.2 Å². The van der Waals surface area contributed by atoms with Gasteiger partial charge >= 0.3 is 0 Å². The van der Waals surface area contributed by atoms with E-state index in [0.717, 1.165) is 25.9 Å². The van der Waals surface area contributed by atoms with Crippen LogP contribution in [0.5, 0.6) is 0 Å².